The van der Waals surface area contributed by atoms with Crippen molar-refractivity contribution in [1.82, 2.24) is 9.80 Å². The van der Waals surface area contributed by atoms with E-state index in [0.717, 1.165) is 16.7 Å². The lowest BCUT2D eigenvalue weighted by Crippen LogP contribution is -2.36. The SMILES string of the molecule is COc1ccc(CN2C(=O)N(Cc3ccc4c(c3)OCO4)C(=O)[C@@H]2Cc2ccc(C(=N)N)cc2)cc1. The first-order valence-electron chi connectivity index (χ1n) is 11.5. The first-order valence-corrected chi connectivity index (χ1v) is 11.5. The Bertz CT molecular complexity index is 1310. The number of rotatable bonds is 8. The summed E-state index contributed by atoms with van der Waals surface area (Å²) in [4.78, 5) is 30.0. The van der Waals surface area contributed by atoms with E-state index in [1.807, 2.05) is 42.5 Å². The maximum absolute atomic E-state index is 13.6. The van der Waals surface area contributed by atoms with E-state index in [1.54, 1.807) is 36.3 Å². The molecule has 0 unspecified atom stereocenters. The molecule has 2 aliphatic rings. The zero-order valence-corrected chi connectivity index (χ0v) is 19.8. The number of carbonyl (C=O) groups is 2. The van der Waals surface area contributed by atoms with Crippen LogP contribution in [-0.2, 0) is 24.3 Å². The smallest absolute Gasteiger partial charge is 0.328 e. The van der Waals surface area contributed by atoms with Crippen molar-refractivity contribution in [3.63, 3.8) is 0 Å². The van der Waals surface area contributed by atoms with E-state index in [2.05, 4.69) is 0 Å². The largest absolute Gasteiger partial charge is 0.497 e. The second kappa shape index (κ2) is 9.61. The van der Waals surface area contributed by atoms with Gasteiger partial charge in [0.15, 0.2) is 11.5 Å². The Morgan fingerprint density at radius 2 is 1.61 bits per heavy atom. The van der Waals surface area contributed by atoms with Gasteiger partial charge in [-0.05, 0) is 41.0 Å². The average molecular weight is 487 g/mol. The first kappa shape index (κ1) is 23.2. The highest BCUT2D eigenvalue weighted by Crippen LogP contribution is 2.34. The summed E-state index contributed by atoms with van der Waals surface area (Å²) >= 11 is 0. The number of imide groups is 1. The number of amides is 3. The Balaban J connectivity index is 1.41. The molecule has 0 aliphatic carbocycles. The van der Waals surface area contributed by atoms with Gasteiger partial charge in [0, 0.05) is 18.5 Å². The van der Waals surface area contributed by atoms with Gasteiger partial charge in [-0.2, -0.15) is 0 Å². The number of nitrogens with one attached hydrogen (secondary N) is 1. The van der Waals surface area contributed by atoms with Crippen LogP contribution in [0.5, 0.6) is 17.2 Å². The zero-order chi connectivity index (χ0) is 25.2. The predicted octanol–water partition coefficient (Wildman–Crippen LogP) is 3.28. The molecule has 3 amide bonds. The molecule has 184 valence electrons. The second-order valence-electron chi connectivity index (χ2n) is 8.70. The summed E-state index contributed by atoms with van der Waals surface area (Å²) in [6, 6.07) is 19.0. The topological polar surface area (TPSA) is 118 Å². The van der Waals surface area contributed by atoms with E-state index in [9.17, 15) is 9.59 Å². The minimum Gasteiger partial charge on any atom is -0.497 e. The summed E-state index contributed by atoms with van der Waals surface area (Å²) in [7, 11) is 1.60. The number of nitrogen functional groups attached to an aromatic ring is 1. The molecular weight excluding hydrogens is 460 g/mol. The van der Waals surface area contributed by atoms with Crippen LogP contribution in [0.15, 0.2) is 66.7 Å². The number of methoxy groups -OCH3 is 1. The van der Waals surface area contributed by atoms with Crippen LogP contribution in [0.4, 0.5) is 4.79 Å². The van der Waals surface area contributed by atoms with Crippen LogP contribution in [-0.4, -0.2) is 47.5 Å². The van der Waals surface area contributed by atoms with Crippen molar-refractivity contribution in [3.8, 4) is 17.2 Å². The maximum Gasteiger partial charge on any atom is 0.328 e. The number of urea groups is 1. The van der Waals surface area contributed by atoms with Gasteiger partial charge in [-0.25, -0.2) is 4.79 Å². The van der Waals surface area contributed by atoms with Gasteiger partial charge in [-0.15, -0.1) is 0 Å². The molecule has 3 aromatic carbocycles. The molecule has 36 heavy (non-hydrogen) atoms. The molecule has 9 heteroatoms. The van der Waals surface area contributed by atoms with Gasteiger partial charge < -0.3 is 24.8 Å². The molecule has 0 radical (unpaired) electrons. The van der Waals surface area contributed by atoms with Crippen molar-refractivity contribution in [3.05, 3.63) is 89.0 Å². The van der Waals surface area contributed by atoms with Gasteiger partial charge in [0.25, 0.3) is 5.91 Å². The van der Waals surface area contributed by atoms with Gasteiger partial charge in [0.2, 0.25) is 6.79 Å². The Labute approximate surface area is 208 Å². The van der Waals surface area contributed by atoms with Crippen molar-refractivity contribution in [1.29, 1.82) is 5.41 Å². The molecule has 1 atom stereocenters. The number of hydrogen-bond acceptors (Lipinski definition) is 6. The number of carbonyl (C=O) groups excluding carboxylic acids is 2. The third-order valence-corrected chi connectivity index (χ3v) is 6.39. The lowest BCUT2D eigenvalue weighted by Gasteiger charge is -2.22. The summed E-state index contributed by atoms with van der Waals surface area (Å²) in [5, 5.41) is 7.59. The van der Waals surface area contributed by atoms with Gasteiger partial charge >= 0.3 is 6.03 Å². The highest BCUT2D eigenvalue weighted by atomic mass is 16.7. The van der Waals surface area contributed by atoms with Crippen molar-refractivity contribution in [2.45, 2.75) is 25.6 Å². The van der Waals surface area contributed by atoms with Crippen molar-refractivity contribution in [2.75, 3.05) is 13.9 Å². The van der Waals surface area contributed by atoms with E-state index in [4.69, 9.17) is 25.4 Å². The molecule has 5 rings (SSSR count). The third-order valence-electron chi connectivity index (χ3n) is 6.39. The molecule has 9 nitrogen and oxygen atoms in total. The van der Waals surface area contributed by atoms with Crippen molar-refractivity contribution >= 4 is 17.8 Å². The number of fused-ring (bicyclic) bond motifs is 1. The van der Waals surface area contributed by atoms with Crippen LogP contribution in [0.2, 0.25) is 0 Å². The van der Waals surface area contributed by atoms with Crippen LogP contribution in [0.3, 0.4) is 0 Å². The summed E-state index contributed by atoms with van der Waals surface area (Å²) in [6.07, 6.45) is 0.344. The normalized spacial score (nSPS) is 16.5. The fourth-order valence-electron chi connectivity index (χ4n) is 4.41. The minimum absolute atomic E-state index is 0.0234. The van der Waals surface area contributed by atoms with Gasteiger partial charge in [0.05, 0.1) is 13.7 Å². The Morgan fingerprint density at radius 1 is 0.944 bits per heavy atom. The summed E-state index contributed by atoms with van der Waals surface area (Å²) in [6.45, 7) is 0.566. The number of benzene rings is 3. The summed E-state index contributed by atoms with van der Waals surface area (Å²) < 4.78 is 16.0. The Kier molecular flexibility index (Phi) is 6.20. The number of amidine groups is 1. The fraction of sp³-hybridized carbons (Fsp3) is 0.222. The van der Waals surface area contributed by atoms with Crippen LogP contribution in [0.25, 0.3) is 0 Å². The summed E-state index contributed by atoms with van der Waals surface area (Å²) in [5.41, 5.74) is 8.70. The number of nitrogens with zero attached hydrogens (tertiary/aromatic N) is 2. The molecule has 1 saturated heterocycles. The van der Waals surface area contributed by atoms with E-state index >= 15 is 0 Å². The third kappa shape index (κ3) is 4.55. The molecule has 3 aromatic rings. The van der Waals surface area contributed by atoms with Crippen LogP contribution < -0.4 is 19.9 Å². The average Bonchev–Trinajstić information content (AvgIpc) is 3.44. The molecule has 0 saturated carbocycles. The van der Waals surface area contributed by atoms with Crippen LogP contribution in [0, 0.1) is 5.41 Å². The fourth-order valence-corrected chi connectivity index (χ4v) is 4.41. The standard InChI is InChI=1S/C27H26N4O5/c1-34-21-9-4-18(5-10-21)14-30-22(12-17-2-7-20(8-3-17)25(28)29)26(32)31(27(30)33)15-19-6-11-23-24(13-19)36-16-35-23/h2-11,13,22H,12,14-16H2,1H3,(H3,28,29)/t22-/m0/s1. The lowest BCUT2D eigenvalue weighted by atomic mass is 10.0. The highest BCUT2D eigenvalue weighted by Gasteiger charge is 2.44. The molecule has 0 aromatic heterocycles. The second-order valence-corrected chi connectivity index (χ2v) is 8.70. The number of nitrogens with two attached hydrogens (primary N) is 1. The van der Waals surface area contributed by atoms with E-state index in [-0.39, 0.29) is 37.7 Å². The molecule has 2 aliphatic heterocycles. The molecule has 3 N–H and O–H groups in total. The zero-order valence-electron chi connectivity index (χ0n) is 19.8. The Hall–Kier alpha value is -4.53. The lowest BCUT2D eigenvalue weighted by molar-refractivity contribution is -0.128. The minimum atomic E-state index is -0.670. The van der Waals surface area contributed by atoms with Gasteiger partial charge in [-0.1, -0.05) is 42.5 Å². The van der Waals surface area contributed by atoms with Gasteiger partial charge in [-0.3, -0.25) is 15.1 Å². The molecule has 0 bridgehead atoms. The van der Waals surface area contributed by atoms with Crippen LogP contribution in [0.1, 0.15) is 22.3 Å². The van der Waals surface area contributed by atoms with Crippen LogP contribution >= 0.6 is 0 Å². The van der Waals surface area contributed by atoms with E-state index in [1.165, 1.54) is 4.90 Å². The summed E-state index contributed by atoms with van der Waals surface area (Å²) in [5.74, 6) is 1.68. The molecular formula is C27H26N4O5. The first-order chi connectivity index (χ1) is 17.4. The van der Waals surface area contributed by atoms with Gasteiger partial charge in [0.1, 0.15) is 17.6 Å². The van der Waals surface area contributed by atoms with Crippen molar-refractivity contribution < 1.29 is 23.8 Å². The molecule has 0 spiro atoms. The highest BCUT2D eigenvalue weighted by molar-refractivity contribution is 6.04. The number of hydrogen-bond donors (Lipinski definition) is 2. The maximum atomic E-state index is 13.6. The van der Waals surface area contributed by atoms with Crippen molar-refractivity contribution in [2.24, 2.45) is 5.73 Å². The molecule has 1 fully saturated rings. The quantitative estimate of drug-likeness (QED) is 0.287. The Morgan fingerprint density at radius 3 is 2.31 bits per heavy atom. The van der Waals surface area contributed by atoms with E-state index < -0.39 is 6.04 Å². The molecule has 2 heterocycles. The predicted molar refractivity (Wildman–Crippen MR) is 132 cm³/mol. The monoisotopic (exact) mass is 486 g/mol. The number of ether oxygens (including phenoxy) is 3. The van der Waals surface area contributed by atoms with E-state index in [0.29, 0.717) is 29.2 Å².